The Morgan fingerprint density at radius 1 is 1.08 bits per heavy atom. The molecule has 0 radical (unpaired) electrons. The molecule has 4 rings (SSSR count). The average molecular weight is 514 g/mol. The number of anilines is 1. The van der Waals surface area contributed by atoms with Crippen molar-refractivity contribution < 1.29 is 33.1 Å². The zero-order valence-electron chi connectivity index (χ0n) is 20.9. The van der Waals surface area contributed by atoms with Gasteiger partial charge in [-0.05, 0) is 24.3 Å². The first-order chi connectivity index (χ1) is 17.9. The number of furan rings is 1. The van der Waals surface area contributed by atoms with E-state index in [-0.39, 0.29) is 36.4 Å². The lowest BCUT2D eigenvalue weighted by Gasteiger charge is -2.38. The first-order valence-electron chi connectivity index (χ1n) is 12.0. The highest BCUT2D eigenvalue weighted by molar-refractivity contribution is 5.98. The molecule has 2 N–H and O–H groups in total. The SMILES string of the molecule is COc1ccc(OC)c(NC(=O)CC2C(=O)NCCN2C(=O)CN2CCN(C(=O)c3ccco3)CC2)c1. The van der Waals surface area contributed by atoms with E-state index < -0.39 is 11.9 Å². The van der Waals surface area contributed by atoms with Gasteiger partial charge >= 0.3 is 0 Å². The number of piperazine rings is 2. The molecule has 1 aromatic heterocycles. The van der Waals surface area contributed by atoms with Crippen LogP contribution >= 0.6 is 0 Å². The number of ether oxygens (including phenoxy) is 2. The van der Waals surface area contributed by atoms with Crippen LogP contribution in [0.4, 0.5) is 5.69 Å². The standard InChI is InChI=1S/C25H31N5O7/c1-35-17-5-6-20(36-2)18(14-17)27-22(31)15-19-24(33)26-7-8-30(19)23(32)16-28-9-11-29(12-10-28)25(34)21-4-3-13-37-21/h3-6,13-14,19H,7-12,15-16H2,1-2H3,(H,26,33)(H,27,31). The summed E-state index contributed by atoms with van der Waals surface area (Å²) in [5.41, 5.74) is 0.405. The Morgan fingerprint density at radius 2 is 1.86 bits per heavy atom. The van der Waals surface area contributed by atoms with Crippen molar-refractivity contribution >= 4 is 29.3 Å². The van der Waals surface area contributed by atoms with Crippen LogP contribution in [0.15, 0.2) is 41.0 Å². The number of carbonyl (C=O) groups is 4. The van der Waals surface area contributed by atoms with Crippen LogP contribution in [-0.4, -0.2) is 104 Å². The predicted molar refractivity (Wildman–Crippen MR) is 132 cm³/mol. The molecule has 3 heterocycles. The minimum absolute atomic E-state index is 0.0951. The number of amides is 4. The Balaban J connectivity index is 1.34. The number of methoxy groups -OCH3 is 2. The monoisotopic (exact) mass is 513 g/mol. The van der Waals surface area contributed by atoms with Crippen molar-refractivity contribution in [1.29, 1.82) is 0 Å². The lowest BCUT2D eigenvalue weighted by atomic mass is 10.1. The van der Waals surface area contributed by atoms with Gasteiger partial charge in [0.1, 0.15) is 17.5 Å². The lowest BCUT2D eigenvalue weighted by molar-refractivity contribution is -0.145. The molecular formula is C25H31N5O7. The number of nitrogens with zero attached hydrogens (tertiary/aromatic N) is 3. The number of rotatable bonds is 8. The van der Waals surface area contributed by atoms with Crippen molar-refractivity contribution in [2.75, 3.05) is 65.3 Å². The van der Waals surface area contributed by atoms with Crippen molar-refractivity contribution in [3.05, 3.63) is 42.4 Å². The summed E-state index contributed by atoms with van der Waals surface area (Å²) in [4.78, 5) is 56.3. The third-order valence-corrected chi connectivity index (χ3v) is 6.46. The number of nitrogens with one attached hydrogen (secondary N) is 2. The zero-order valence-corrected chi connectivity index (χ0v) is 20.9. The third kappa shape index (κ3) is 6.20. The Kier molecular flexibility index (Phi) is 8.29. The first kappa shape index (κ1) is 26.0. The molecule has 2 aromatic rings. The second-order valence-corrected chi connectivity index (χ2v) is 8.76. The predicted octanol–water partition coefficient (Wildman–Crippen LogP) is 0.410. The molecule has 2 fully saturated rings. The maximum atomic E-state index is 13.2. The fraction of sp³-hybridized carbons (Fsp3) is 0.440. The second kappa shape index (κ2) is 11.8. The molecule has 4 amide bonds. The van der Waals surface area contributed by atoms with Gasteiger partial charge in [0.2, 0.25) is 17.7 Å². The van der Waals surface area contributed by atoms with E-state index in [1.165, 1.54) is 25.4 Å². The van der Waals surface area contributed by atoms with E-state index in [4.69, 9.17) is 13.9 Å². The van der Waals surface area contributed by atoms with Gasteiger partial charge in [-0.15, -0.1) is 0 Å². The molecule has 0 spiro atoms. The summed E-state index contributed by atoms with van der Waals surface area (Å²) < 4.78 is 15.7. The highest BCUT2D eigenvalue weighted by atomic mass is 16.5. The van der Waals surface area contributed by atoms with Crippen molar-refractivity contribution in [2.24, 2.45) is 0 Å². The van der Waals surface area contributed by atoms with E-state index >= 15 is 0 Å². The van der Waals surface area contributed by atoms with Gasteiger partial charge in [0.05, 0.1) is 39.1 Å². The number of hydrogen-bond donors (Lipinski definition) is 2. The van der Waals surface area contributed by atoms with E-state index in [0.29, 0.717) is 56.5 Å². The molecule has 2 aliphatic rings. The van der Waals surface area contributed by atoms with Crippen molar-refractivity contribution in [3.63, 3.8) is 0 Å². The van der Waals surface area contributed by atoms with Gasteiger partial charge in [0.15, 0.2) is 5.76 Å². The molecule has 0 saturated carbocycles. The summed E-state index contributed by atoms with van der Waals surface area (Å²) >= 11 is 0. The van der Waals surface area contributed by atoms with Crippen molar-refractivity contribution in [1.82, 2.24) is 20.0 Å². The molecule has 1 unspecified atom stereocenters. The van der Waals surface area contributed by atoms with Crippen LogP contribution in [0.2, 0.25) is 0 Å². The summed E-state index contributed by atoms with van der Waals surface area (Å²) in [6, 6.07) is 7.35. The van der Waals surface area contributed by atoms with Crippen molar-refractivity contribution in [3.8, 4) is 11.5 Å². The Hall–Kier alpha value is -4.06. The van der Waals surface area contributed by atoms with Crippen molar-refractivity contribution in [2.45, 2.75) is 12.5 Å². The summed E-state index contributed by atoms with van der Waals surface area (Å²) in [6.07, 6.45) is 1.25. The molecule has 198 valence electrons. The van der Waals surface area contributed by atoms with Gasteiger partial charge < -0.3 is 34.3 Å². The quantitative estimate of drug-likeness (QED) is 0.519. The van der Waals surface area contributed by atoms with Crippen LogP contribution in [-0.2, 0) is 14.4 Å². The van der Waals surface area contributed by atoms with Gasteiger partial charge in [0.25, 0.3) is 5.91 Å². The molecule has 2 saturated heterocycles. The van der Waals surface area contributed by atoms with Gasteiger partial charge in [-0.1, -0.05) is 0 Å². The minimum Gasteiger partial charge on any atom is -0.497 e. The van der Waals surface area contributed by atoms with E-state index in [9.17, 15) is 19.2 Å². The zero-order chi connectivity index (χ0) is 26.4. The number of hydrogen-bond acceptors (Lipinski definition) is 8. The molecule has 37 heavy (non-hydrogen) atoms. The maximum Gasteiger partial charge on any atom is 0.289 e. The van der Waals surface area contributed by atoms with Crippen LogP contribution in [0.5, 0.6) is 11.5 Å². The normalized spacial score (nSPS) is 18.2. The Morgan fingerprint density at radius 3 is 2.54 bits per heavy atom. The number of carbonyl (C=O) groups excluding carboxylic acids is 4. The molecule has 1 aromatic carbocycles. The van der Waals surface area contributed by atoms with Gasteiger partial charge in [-0.25, -0.2) is 0 Å². The lowest BCUT2D eigenvalue weighted by Crippen LogP contribution is -2.60. The first-order valence-corrected chi connectivity index (χ1v) is 12.0. The fourth-order valence-electron chi connectivity index (χ4n) is 4.45. The number of benzene rings is 1. The molecule has 1 atom stereocenters. The van der Waals surface area contributed by atoms with E-state index in [2.05, 4.69) is 10.6 Å². The van der Waals surface area contributed by atoms with Crippen LogP contribution in [0.3, 0.4) is 0 Å². The van der Waals surface area contributed by atoms with Crippen LogP contribution in [0.1, 0.15) is 17.0 Å². The summed E-state index contributed by atoms with van der Waals surface area (Å²) in [6.45, 7) is 2.67. The molecule has 12 nitrogen and oxygen atoms in total. The van der Waals surface area contributed by atoms with Crippen LogP contribution in [0.25, 0.3) is 0 Å². The average Bonchev–Trinajstić information content (AvgIpc) is 3.45. The summed E-state index contributed by atoms with van der Waals surface area (Å²) in [7, 11) is 3.00. The highest BCUT2D eigenvalue weighted by Crippen LogP contribution is 2.29. The molecule has 0 aliphatic carbocycles. The van der Waals surface area contributed by atoms with Gasteiger partial charge in [-0.3, -0.25) is 24.1 Å². The summed E-state index contributed by atoms with van der Waals surface area (Å²) in [5, 5.41) is 5.49. The van der Waals surface area contributed by atoms with Crippen LogP contribution in [0, 0.1) is 0 Å². The summed E-state index contributed by atoms with van der Waals surface area (Å²) in [5.74, 6) is 0.0446. The third-order valence-electron chi connectivity index (χ3n) is 6.46. The van der Waals surface area contributed by atoms with E-state index in [1.807, 2.05) is 4.90 Å². The Bertz CT molecular complexity index is 1130. The molecule has 12 heteroatoms. The van der Waals surface area contributed by atoms with Crippen LogP contribution < -0.4 is 20.1 Å². The van der Waals surface area contributed by atoms with Gasteiger partial charge in [-0.2, -0.15) is 0 Å². The van der Waals surface area contributed by atoms with Gasteiger partial charge in [0, 0.05) is 45.3 Å². The second-order valence-electron chi connectivity index (χ2n) is 8.76. The minimum atomic E-state index is -0.931. The molecular weight excluding hydrogens is 482 g/mol. The fourth-order valence-corrected chi connectivity index (χ4v) is 4.45. The largest absolute Gasteiger partial charge is 0.497 e. The van der Waals surface area contributed by atoms with E-state index in [0.717, 1.165) is 0 Å². The highest BCUT2D eigenvalue weighted by Gasteiger charge is 2.36. The topological polar surface area (TPSA) is 134 Å². The van der Waals surface area contributed by atoms with E-state index in [1.54, 1.807) is 35.2 Å². The smallest absolute Gasteiger partial charge is 0.289 e. The maximum absolute atomic E-state index is 13.2. The Labute approximate surface area is 214 Å². The molecule has 0 bridgehead atoms. The molecule has 2 aliphatic heterocycles.